The summed E-state index contributed by atoms with van der Waals surface area (Å²) in [5, 5.41) is 0.921. The molecule has 0 N–H and O–H groups in total. The Bertz CT molecular complexity index is 420. The zero-order valence-corrected chi connectivity index (χ0v) is 18.7. The quantitative estimate of drug-likeness (QED) is 0.436. The van der Waals surface area contributed by atoms with Gasteiger partial charge in [0, 0.05) is 25.0 Å². The minimum atomic E-state index is -2.92. The van der Waals surface area contributed by atoms with E-state index in [1.807, 2.05) is 65.8 Å². The van der Waals surface area contributed by atoms with Crippen molar-refractivity contribution in [2.45, 2.75) is 46.4 Å². The first-order chi connectivity index (χ1) is 12.6. The smallest absolute Gasteiger partial charge is 0.370 e. The van der Waals surface area contributed by atoms with E-state index >= 15 is 0 Å². The molecular formula is C18H34O6SSi. The van der Waals surface area contributed by atoms with Gasteiger partial charge >= 0.3 is 8.80 Å². The van der Waals surface area contributed by atoms with Crippen molar-refractivity contribution >= 4 is 24.9 Å². The van der Waals surface area contributed by atoms with Crippen LogP contribution in [0.4, 0.5) is 0 Å². The molecule has 0 fully saturated rings. The summed E-state index contributed by atoms with van der Waals surface area (Å²) in [5.74, 6) is 0. The number of hydrogen-bond acceptors (Lipinski definition) is 6. The Morgan fingerprint density at radius 3 is 1.31 bits per heavy atom. The van der Waals surface area contributed by atoms with Crippen LogP contribution in [-0.4, -0.2) is 48.4 Å². The summed E-state index contributed by atoms with van der Waals surface area (Å²) in [6.45, 7) is 14.8. The molecule has 1 rings (SSSR count). The Balaban J connectivity index is 3.27. The van der Waals surface area contributed by atoms with Crippen molar-refractivity contribution in [3.05, 3.63) is 24.3 Å². The number of benzene rings is 1. The van der Waals surface area contributed by atoms with Gasteiger partial charge in [0.15, 0.2) is 0 Å². The molecule has 0 heterocycles. The van der Waals surface area contributed by atoms with Crippen molar-refractivity contribution in [1.82, 2.24) is 0 Å². The molecule has 152 valence electrons. The maximum Gasteiger partial charge on any atom is 0.537 e. The molecule has 0 unspecified atom stereocenters. The number of hydrogen-bond donors (Lipinski definition) is 0. The summed E-state index contributed by atoms with van der Waals surface area (Å²) < 4.78 is 35.7. The largest absolute Gasteiger partial charge is 0.537 e. The first-order valence-electron chi connectivity index (χ1n) is 9.36. The van der Waals surface area contributed by atoms with Gasteiger partial charge in [-0.1, -0.05) is 12.1 Å². The van der Waals surface area contributed by atoms with Crippen molar-refractivity contribution in [3.8, 4) is 0 Å². The molecular weight excluding hydrogens is 372 g/mol. The van der Waals surface area contributed by atoms with E-state index in [-0.39, 0.29) is 0 Å². The molecule has 0 spiro atoms. The van der Waals surface area contributed by atoms with E-state index in [1.165, 1.54) is 0 Å². The highest BCUT2D eigenvalue weighted by molar-refractivity contribution is 8.21. The molecule has 8 heteroatoms. The van der Waals surface area contributed by atoms with Crippen LogP contribution in [0, 0.1) is 0 Å². The van der Waals surface area contributed by atoms with Gasteiger partial charge in [-0.25, -0.2) is 0 Å². The third-order valence-corrected chi connectivity index (χ3v) is 8.85. The zero-order chi connectivity index (χ0) is 19.5. The standard InChI is InChI=1S/C18H34O6SSi/c1-7-19-25(20-8-2,21-9-3)17-13-15-18(16-14-17)26(22-10-4,23-11-5)24-12-6/h13-16H,7-12H2,1-6H3. The Kier molecular flexibility index (Phi) is 11.0. The highest BCUT2D eigenvalue weighted by atomic mass is 32.3. The first-order valence-corrected chi connectivity index (χ1v) is 12.5. The van der Waals surface area contributed by atoms with Crippen LogP contribution in [0.3, 0.4) is 0 Å². The van der Waals surface area contributed by atoms with Crippen molar-refractivity contribution in [1.29, 1.82) is 0 Å². The van der Waals surface area contributed by atoms with Crippen LogP contribution < -0.4 is 5.19 Å². The topological polar surface area (TPSA) is 55.4 Å². The molecule has 0 atom stereocenters. The van der Waals surface area contributed by atoms with Gasteiger partial charge in [0.2, 0.25) is 0 Å². The van der Waals surface area contributed by atoms with E-state index in [0.717, 1.165) is 10.1 Å². The van der Waals surface area contributed by atoms with Gasteiger partial charge in [-0.3, -0.25) is 12.5 Å². The Morgan fingerprint density at radius 2 is 1.00 bits per heavy atom. The molecule has 26 heavy (non-hydrogen) atoms. The second-order valence-corrected chi connectivity index (χ2v) is 9.70. The lowest BCUT2D eigenvalue weighted by Gasteiger charge is -2.37. The third kappa shape index (κ3) is 5.77. The Labute approximate surface area is 161 Å². The molecule has 6 nitrogen and oxygen atoms in total. The maximum absolute atomic E-state index is 5.97. The van der Waals surface area contributed by atoms with Gasteiger partial charge in [0.05, 0.1) is 24.7 Å². The lowest BCUT2D eigenvalue weighted by atomic mass is 10.4. The molecule has 1 aromatic rings. The molecule has 0 aromatic heterocycles. The average molecular weight is 407 g/mol. The van der Waals surface area contributed by atoms with E-state index < -0.39 is 19.7 Å². The monoisotopic (exact) mass is 406 g/mol. The van der Waals surface area contributed by atoms with Gasteiger partial charge in [-0.2, -0.15) is 0 Å². The predicted molar refractivity (Wildman–Crippen MR) is 107 cm³/mol. The third-order valence-electron chi connectivity index (χ3n) is 3.32. The first kappa shape index (κ1) is 23.6. The second kappa shape index (κ2) is 12.1. The fraction of sp³-hybridized carbons (Fsp3) is 0.667. The van der Waals surface area contributed by atoms with Gasteiger partial charge in [0.1, 0.15) is 10.9 Å². The van der Waals surface area contributed by atoms with Crippen LogP contribution in [0.5, 0.6) is 0 Å². The Morgan fingerprint density at radius 1 is 0.615 bits per heavy atom. The van der Waals surface area contributed by atoms with Crippen LogP contribution in [0.1, 0.15) is 41.5 Å². The SMILES string of the molecule is CCO[Si](OCC)(OCC)c1ccc(S(OCC)(OCC)OCC)cc1. The van der Waals surface area contributed by atoms with Gasteiger partial charge in [-0.15, -0.1) is 0 Å². The van der Waals surface area contributed by atoms with Crippen molar-refractivity contribution < 1.29 is 25.8 Å². The summed E-state index contributed by atoms with van der Waals surface area (Å²) in [5.41, 5.74) is 0. The normalized spacial score (nSPS) is 13.2. The van der Waals surface area contributed by atoms with E-state index in [4.69, 9.17) is 25.8 Å². The summed E-state index contributed by atoms with van der Waals surface area (Å²) >= 11 is 0. The lowest BCUT2D eigenvalue weighted by molar-refractivity contribution is 0.0859. The van der Waals surface area contributed by atoms with Crippen LogP contribution in [0.15, 0.2) is 29.2 Å². The highest BCUT2D eigenvalue weighted by Gasteiger charge is 2.43. The minimum absolute atomic E-state index is 0.507. The molecule has 0 radical (unpaired) electrons. The molecule has 0 aliphatic carbocycles. The zero-order valence-electron chi connectivity index (χ0n) is 16.9. The van der Waals surface area contributed by atoms with Crippen molar-refractivity contribution in [2.24, 2.45) is 0 Å². The van der Waals surface area contributed by atoms with Crippen molar-refractivity contribution in [2.75, 3.05) is 39.6 Å². The van der Waals surface area contributed by atoms with E-state index in [0.29, 0.717) is 39.6 Å². The molecule has 0 aliphatic heterocycles. The van der Waals surface area contributed by atoms with Gasteiger partial charge in [0.25, 0.3) is 0 Å². The fourth-order valence-corrected chi connectivity index (χ4v) is 7.02. The summed E-state index contributed by atoms with van der Waals surface area (Å²) in [6.07, 6.45) is 0. The molecule has 0 saturated carbocycles. The van der Waals surface area contributed by atoms with Crippen LogP contribution >= 0.6 is 10.9 Å². The van der Waals surface area contributed by atoms with E-state index in [9.17, 15) is 0 Å². The fourth-order valence-electron chi connectivity index (χ4n) is 2.54. The maximum atomic E-state index is 5.97. The van der Waals surface area contributed by atoms with Crippen LogP contribution in [0.2, 0.25) is 0 Å². The molecule has 0 amide bonds. The summed E-state index contributed by atoms with van der Waals surface area (Å²) in [4.78, 5) is 0.874. The summed E-state index contributed by atoms with van der Waals surface area (Å²) in [6, 6.07) is 7.87. The molecule has 1 aromatic carbocycles. The van der Waals surface area contributed by atoms with Crippen LogP contribution in [0.25, 0.3) is 0 Å². The minimum Gasteiger partial charge on any atom is -0.370 e. The molecule has 0 bridgehead atoms. The van der Waals surface area contributed by atoms with Crippen molar-refractivity contribution in [3.63, 3.8) is 0 Å². The molecule has 0 aliphatic rings. The average Bonchev–Trinajstić information content (AvgIpc) is 2.63. The van der Waals surface area contributed by atoms with Crippen LogP contribution in [-0.2, 0) is 25.8 Å². The predicted octanol–water partition coefficient (Wildman–Crippen LogP) is 3.96. The van der Waals surface area contributed by atoms with Gasteiger partial charge in [-0.05, 0) is 53.7 Å². The second-order valence-electron chi connectivity index (χ2n) is 5.05. The van der Waals surface area contributed by atoms with E-state index in [2.05, 4.69) is 0 Å². The van der Waals surface area contributed by atoms with E-state index in [1.54, 1.807) is 0 Å². The Hall–Kier alpha value is -0.453. The molecule has 0 saturated heterocycles. The lowest BCUT2D eigenvalue weighted by Crippen LogP contribution is -2.56. The van der Waals surface area contributed by atoms with Gasteiger partial charge < -0.3 is 13.3 Å². The number of rotatable bonds is 14. The highest BCUT2D eigenvalue weighted by Crippen LogP contribution is 2.58. The summed E-state index contributed by atoms with van der Waals surface area (Å²) in [7, 11) is -5.15.